The SMILES string of the molecule is COCCCS(=O)(=O)NCC(=O)NC1CCC(C(=O)O)CC1. The number of amides is 1. The van der Waals surface area contributed by atoms with Crippen molar-refractivity contribution in [2.45, 2.75) is 38.1 Å². The molecule has 0 aliphatic heterocycles. The van der Waals surface area contributed by atoms with Gasteiger partial charge in [-0.2, -0.15) is 0 Å². The molecule has 8 nitrogen and oxygen atoms in total. The van der Waals surface area contributed by atoms with Gasteiger partial charge in [-0.15, -0.1) is 0 Å². The molecule has 0 aromatic carbocycles. The summed E-state index contributed by atoms with van der Waals surface area (Å²) in [5.41, 5.74) is 0. The average Bonchev–Trinajstić information content (AvgIpc) is 2.46. The number of aliphatic carboxylic acids is 1. The number of hydrogen-bond acceptors (Lipinski definition) is 5. The third-order valence-corrected chi connectivity index (χ3v) is 5.07. The smallest absolute Gasteiger partial charge is 0.306 e. The Morgan fingerprint density at radius 2 is 1.86 bits per heavy atom. The molecular formula is C13H24N2O6S. The van der Waals surface area contributed by atoms with Crippen molar-refractivity contribution in [2.75, 3.05) is 26.0 Å². The molecule has 1 saturated carbocycles. The molecule has 0 heterocycles. The molecular weight excluding hydrogens is 312 g/mol. The second-order valence-corrected chi connectivity index (χ2v) is 7.37. The van der Waals surface area contributed by atoms with Gasteiger partial charge in [0.25, 0.3) is 0 Å². The zero-order chi connectivity index (χ0) is 16.6. The molecule has 1 aliphatic rings. The molecule has 0 spiro atoms. The van der Waals surface area contributed by atoms with Crippen LogP contribution in [-0.2, 0) is 24.3 Å². The summed E-state index contributed by atoms with van der Waals surface area (Å²) in [5, 5.41) is 11.6. The monoisotopic (exact) mass is 336 g/mol. The van der Waals surface area contributed by atoms with Crippen LogP contribution in [0.1, 0.15) is 32.1 Å². The fourth-order valence-corrected chi connectivity index (χ4v) is 3.40. The quantitative estimate of drug-likeness (QED) is 0.497. The zero-order valence-corrected chi connectivity index (χ0v) is 13.5. The largest absolute Gasteiger partial charge is 0.481 e. The van der Waals surface area contributed by atoms with Gasteiger partial charge in [-0.25, -0.2) is 13.1 Å². The van der Waals surface area contributed by atoms with Crippen molar-refractivity contribution < 1.29 is 27.9 Å². The van der Waals surface area contributed by atoms with Gasteiger partial charge in [0.1, 0.15) is 0 Å². The summed E-state index contributed by atoms with van der Waals surface area (Å²) in [7, 11) is -1.99. The van der Waals surface area contributed by atoms with E-state index in [0.717, 1.165) is 0 Å². The van der Waals surface area contributed by atoms with Crippen molar-refractivity contribution in [1.82, 2.24) is 10.0 Å². The minimum atomic E-state index is -3.48. The summed E-state index contributed by atoms with van der Waals surface area (Å²) >= 11 is 0. The van der Waals surface area contributed by atoms with Gasteiger partial charge in [0.15, 0.2) is 0 Å². The Kier molecular flexibility index (Phi) is 7.77. The van der Waals surface area contributed by atoms with E-state index >= 15 is 0 Å². The third-order valence-electron chi connectivity index (χ3n) is 3.66. The van der Waals surface area contributed by atoms with Crippen LogP contribution in [0.15, 0.2) is 0 Å². The highest BCUT2D eigenvalue weighted by atomic mass is 32.2. The number of rotatable bonds is 9. The van der Waals surface area contributed by atoms with E-state index in [1.165, 1.54) is 7.11 Å². The maximum absolute atomic E-state index is 11.7. The Balaban J connectivity index is 2.25. The summed E-state index contributed by atoms with van der Waals surface area (Å²) in [6.45, 7) is 0.0497. The maximum atomic E-state index is 11.7. The van der Waals surface area contributed by atoms with E-state index in [4.69, 9.17) is 9.84 Å². The topological polar surface area (TPSA) is 122 Å². The van der Waals surface area contributed by atoms with Crippen molar-refractivity contribution in [3.05, 3.63) is 0 Å². The highest BCUT2D eigenvalue weighted by Gasteiger charge is 2.26. The second kappa shape index (κ2) is 9.06. The lowest BCUT2D eigenvalue weighted by molar-refractivity contribution is -0.142. The molecule has 1 amide bonds. The van der Waals surface area contributed by atoms with Crippen LogP contribution >= 0.6 is 0 Å². The number of methoxy groups -OCH3 is 1. The van der Waals surface area contributed by atoms with E-state index in [1.807, 2.05) is 0 Å². The standard InChI is InChI=1S/C13H24N2O6S/c1-21-7-2-8-22(19,20)14-9-12(16)15-11-5-3-10(4-6-11)13(17)18/h10-11,14H,2-9H2,1H3,(H,15,16)(H,17,18). The first-order valence-corrected chi connectivity index (χ1v) is 8.97. The van der Waals surface area contributed by atoms with Gasteiger partial charge in [-0.3, -0.25) is 9.59 Å². The van der Waals surface area contributed by atoms with Gasteiger partial charge < -0.3 is 15.2 Å². The van der Waals surface area contributed by atoms with Crippen molar-refractivity contribution >= 4 is 21.9 Å². The fraction of sp³-hybridized carbons (Fsp3) is 0.846. The first-order chi connectivity index (χ1) is 10.3. The molecule has 0 bridgehead atoms. The van der Waals surface area contributed by atoms with Gasteiger partial charge in [-0.05, 0) is 32.1 Å². The molecule has 128 valence electrons. The van der Waals surface area contributed by atoms with Crippen LogP contribution in [0, 0.1) is 5.92 Å². The number of nitrogens with one attached hydrogen (secondary N) is 2. The minimum absolute atomic E-state index is 0.0823. The van der Waals surface area contributed by atoms with Crippen LogP contribution in [0.25, 0.3) is 0 Å². The lowest BCUT2D eigenvalue weighted by atomic mass is 9.86. The van der Waals surface area contributed by atoms with Gasteiger partial charge in [0.2, 0.25) is 15.9 Å². The lowest BCUT2D eigenvalue weighted by Crippen LogP contribution is -2.44. The molecule has 0 aromatic heterocycles. The molecule has 0 saturated heterocycles. The predicted molar refractivity (Wildman–Crippen MR) is 79.8 cm³/mol. The number of ether oxygens (including phenoxy) is 1. The molecule has 22 heavy (non-hydrogen) atoms. The molecule has 9 heteroatoms. The van der Waals surface area contributed by atoms with Crippen LogP contribution in [0.5, 0.6) is 0 Å². The van der Waals surface area contributed by atoms with Gasteiger partial charge in [0.05, 0.1) is 18.2 Å². The fourth-order valence-electron chi connectivity index (χ4n) is 2.40. The second-order valence-electron chi connectivity index (χ2n) is 5.44. The number of carbonyl (C=O) groups excluding carboxylic acids is 1. The van der Waals surface area contributed by atoms with E-state index in [-0.39, 0.29) is 24.3 Å². The molecule has 1 rings (SSSR count). The van der Waals surface area contributed by atoms with Crippen LogP contribution in [-0.4, -0.2) is 57.5 Å². The molecule has 1 fully saturated rings. The average molecular weight is 336 g/mol. The van der Waals surface area contributed by atoms with Crippen LogP contribution in [0.2, 0.25) is 0 Å². The number of carboxylic acid groups (broad SMARTS) is 1. The molecule has 3 N–H and O–H groups in total. The summed E-state index contributed by atoms with van der Waals surface area (Å²) in [6, 6.07) is -0.0823. The Labute approximate surface area is 130 Å². The summed E-state index contributed by atoms with van der Waals surface area (Å²) in [4.78, 5) is 22.6. The van der Waals surface area contributed by atoms with E-state index in [1.54, 1.807) is 0 Å². The molecule has 1 aliphatic carbocycles. The highest BCUT2D eigenvalue weighted by Crippen LogP contribution is 2.24. The molecule has 0 atom stereocenters. The first-order valence-electron chi connectivity index (χ1n) is 7.32. The molecule has 0 radical (unpaired) electrons. The van der Waals surface area contributed by atoms with Crippen molar-refractivity contribution in [3.63, 3.8) is 0 Å². The minimum Gasteiger partial charge on any atom is -0.481 e. The van der Waals surface area contributed by atoms with Gasteiger partial charge >= 0.3 is 5.97 Å². The lowest BCUT2D eigenvalue weighted by Gasteiger charge is -2.26. The van der Waals surface area contributed by atoms with E-state index < -0.39 is 21.9 Å². The number of carboxylic acids is 1. The van der Waals surface area contributed by atoms with Crippen molar-refractivity contribution in [3.8, 4) is 0 Å². The molecule has 0 aromatic rings. The third kappa shape index (κ3) is 7.19. The zero-order valence-electron chi connectivity index (χ0n) is 12.7. The van der Waals surface area contributed by atoms with Gasteiger partial charge in [-0.1, -0.05) is 0 Å². The molecule has 0 unspecified atom stereocenters. The highest BCUT2D eigenvalue weighted by molar-refractivity contribution is 7.89. The van der Waals surface area contributed by atoms with E-state index in [0.29, 0.717) is 38.7 Å². The number of sulfonamides is 1. The number of hydrogen-bond donors (Lipinski definition) is 3. The van der Waals surface area contributed by atoms with Crippen LogP contribution < -0.4 is 10.0 Å². The van der Waals surface area contributed by atoms with Crippen LogP contribution in [0.3, 0.4) is 0 Å². The van der Waals surface area contributed by atoms with Crippen molar-refractivity contribution in [1.29, 1.82) is 0 Å². The number of carbonyl (C=O) groups is 2. The summed E-state index contributed by atoms with van der Waals surface area (Å²) in [6.07, 6.45) is 2.63. The predicted octanol–water partition coefficient (Wildman–Crippen LogP) is -0.298. The van der Waals surface area contributed by atoms with Crippen molar-refractivity contribution in [2.24, 2.45) is 5.92 Å². The summed E-state index contributed by atoms with van der Waals surface area (Å²) in [5.74, 6) is -1.62. The Bertz CT molecular complexity index is 471. The Morgan fingerprint density at radius 3 is 2.41 bits per heavy atom. The summed E-state index contributed by atoms with van der Waals surface area (Å²) < 4.78 is 30.2. The Hall–Kier alpha value is -1.19. The first kappa shape index (κ1) is 18.9. The van der Waals surface area contributed by atoms with E-state index in [9.17, 15) is 18.0 Å². The Morgan fingerprint density at radius 1 is 1.23 bits per heavy atom. The van der Waals surface area contributed by atoms with Crippen LogP contribution in [0.4, 0.5) is 0 Å². The van der Waals surface area contributed by atoms with Gasteiger partial charge in [0, 0.05) is 19.8 Å². The van der Waals surface area contributed by atoms with E-state index in [2.05, 4.69) is 10.0 Å². The maximum Gasteiger partial charge on any atom is 0.306 e. The normalized spacial score (nSPS) is 22.2.